The molecule has 0 unspecified atom stereocenters. The smallest absolute Gasteiger partial charge is 0.243 e. The Morgan fingerprint density at radius 1 is 1.12 bits per heavy atom. The van der Waals surface area contributed by atoms with E-state index in [2.05, 4.69) is 10.6 Å². The van der Waals surface area contributed by atoms with Gasteiger partial charge in [0.15, 0.2) is 0 Å². The Morgan fingerprint density at radius 3 is 2.34 bits per heavy atom. The van der Waals surface area contributed by atoms with Crippen LogP contribution in [-0.4, -0.2) is 62.9 Å². The van der Waals surface area contributed by atoms with Crippen LogP contribution in [0.25, 0.3) is 0 Å². The fraction of sp³-hybridized carbons (Fsp3) is 0.652. The molecule has 2 aliphatic rings. The van der Waals surface area contributed by atoms with E-state index in [1.807, 2.05) is 20.8 Å². The zero-order valence-electron chi connectivity index (χ0n) is 19.2. The summed E-state index contributed by atoms with van der Waals surface area (Å²) in [6, 6.07) is 6.17. The van der Waals surface area contributed by atoms with Crippen LogP contribution in [-0.2, 0) is 24.3 Å². The molecule has 2 amide bonds. The summed E-state index contributed by atoms with van der Waals surface area (Å²) in [6.07, 6.45) is 2.84. The maximum absolute atomic E-state index is 12.9. The van der Waals surface area contributed by atoms with Gasteiger partial charge in [0.2, 0.25) is 21.8 Å². The van der Waals surface area contributed by atoms with Crippen molar-refractivity contribution in [3.8, 4) is 0 Å². The standard InChI is InChI=1S/C23H35N3O5S/c1-16(2)21(23(28)24-15-19-5-4-14-31-19)25-22(27)18-10-12-26(13-11-18)32(29,30)20-8-6-17(3)7-9-20/h6-9,16,18-19,21H,4-5,10-15H2,1-3H3,(H,24,28)(H,25,27)/t19-,21-/m0/s1. The second kappa shape index (κ2) is 10.8. The van der Waals surface area contributed by atoms with Gasteiger partial charge in [0.1, 0.15) is 6.04 Å². The zero-order valence-corrected chi connectivity index (χ0v) is 20.0. The number of sulfonamides is 1. The maximum Gasteiger partial charge on any atom is 0.243 e. The van der Waals surface area contributed by atoms with Gasteiger partial charge in [-0.05, 0) is 50.7 Å². The van der Waals surface area contributed by atoms with Crippen molar-refractivity contribution in [2.75, 3.05) is 26.2 Å². The lowest BCUT2D eigenvalue weighted by atomic mass is 9.95. The quantitative estimate of drug-likeness (QED) is 0.610. The highest BCUT2D eigenvalue weighted by atomic mass is 32.2. The van der Waals surface area contributed by atoms with Gasteiger partial charge in [-0.1, -0.05) is 31.5 Å². The monoisotopic (exact) mass is 465 g/mol. The number of hydrogen-bond donors (Lipinski definition) is 2. The molecular weight excluding hydrogens is 430 g/mol. The lowest BCUT2D eigenvalue weighted by Gasteiger charge is -2.32. The predicted octanol–water partition coefficient (Wildman–Crippen LogP) is 1.83. The van der Waals surface area contributed by atoms with Gasteiger partial charge in [-0.25, -0.2) is 8.42 Å². The third kappa shape index (κ3) is 6.08. The van der Waals surface area contributed by atoms with Crippen LogP contribution in [0.1, 0.15) is 45.1 Å². The Bertz CT molecular complexity index is 887. The summed E-state index contributed by atoms with van der Waals surface area (Å²) in [7, 11) is -3.57. The SMILES string of the molecule is Cc1ccc(S(=O)(=O)N2CCC(C(=O)N[C@H](C(=O)NC[C@@H]3CCCO3)C(C)C)CC2)cc1. The highest BCUT2D eigenvalue weighted by molar-refractivity contribution is 7.89. The molecule has 1 aromatic carbocycles. The fourth-order valence-electron chi connectivity index (χ4n) is 4.15. The molecule has 3 rings (SSSR count). The minimum absolute atomic E-state index is 0.0438. The van der Waals surface area contributed by atoms with E-state index >= 15 is 0 Å². The summed E-state index contributed by atoms with van der Waals surface area (Å²) in [6.45, 7) is 7.45. The molecule has 9 heteroatoms. The van der Waals surface area contributed by atoms with Crippen molar-refractivity contribution < 1.29 is 22.7 Å². The minimum Gasteiger partial charge on any atom is -0.376 e. The summed E-state index contributed by atoms with van der Waals surface area (Å²) in [5, 5.41) is 5.79. The van der Waals surface area contributed by atoms with Gasteiger partial charge in [0.05, 0.1) is 11.0 Å². The number of aryl methyl sites for hydroxylation is 1. The van der Waals surface area contributed by atoms with Crippen LogP contribution in [0.3, 0.4) is 0 Å². The molecule has 2 N–H and O–H groups in total. The maximum atomic E-state index is 12.9. The second-order valence-corrected chi connectivity index (χ2v) is 11.0. The Balaban J connectivity index is 1.53. The van der Waals surface area contributed by atoms with E-state index in [4.69, 9.17) is 4.74 Å². The number of amides is 2. The summed E-state index contributed by atoms with van der Waals surface area (Å²) in [4.78, 5) is 25.8. The molecular formula is C23H35N3O5S. The number of carbonyl (C=O) groups is 2. The summed E-state index contributed by atoms with van der Waals surface area (Å²) < 4.78 is 32.7. The number of rotatable bonds is 8. The fourth-order valence-corrected chi connectivity index (χ4v) is 5.62. The van der Waals surface area contributed by atoms with Gasteiger partial charge in [0, 0.05) is 32.2 Å². The van der Waals surface area contributed by atoms with Gasteiger partial charge < -0.3 is 15.4 Å². The van der Waals surface area contributed by atoms with E-state index in [0.29, 0.717) is 19.4 Å². The number of nitrogens with one attached hydrogen (secondary N) is 2. The number of carbonyl (C=O) groups excluding carboxylic acids is 2. The molecule has 0 bridgehead atoms. The van der Waals surface area contributed by atoms with Crippen molar-refractivity contribution in [2.45, 2.75) is 63.5 Å². The van der Waals surface area contributed by atoms with Gasteiger partial charge in [-0.2, -0.15) is 4.31 Å². The van der Waals surface area contributed by atoms with Gasteiger partial charge in [-0.15, -0.1) is 0 Å². The van der Waals surface area contributed by atoms with Gasteiger partial charge in [-0.3, -0.25) is 9.59 Å². The molecule has 32 heavy (non-hydrogen) atoms. The highest BCUT2D eigenvalue weighted by Crippen LogP contribution is 2.24. The molecule has 0 aromatic heterocycles. The molecule has 0 spiro atoms. The van der Waals surface area contributed by atoms with Crippen LogP contribution < -0.4 is 10.6 Å². The average molecular weight is 466 g/mol. The van der Waals surface area contributed by atoms with E-state index in [1.54, 1.807) is 24.3 Å². The lowest BCUT2D eigenvalue weighted by molar-refractivity contribution is -0.133. The van der Waals surface area contributed by atoms with Crippen LogP contribution >= 0.6 is 0 Å². The van der Waals surface area contributed by atoms with E-state index in [1.165, 1.54) is 4.31 Å². The number of hydrogen-bond acceptors (Lipinski definition) is 5. The Morgan fingerprint density at radius 2 is 1.78 bits per heavy atom. The second-order valence-electron chi connectivity index (χ2n) is 9.10. The van der Waals surface area contributed by atoms with Crippen molar-refractivity contribution in [3.05, 3.63) is 29.8 Å². The van der Waals surface area contributed by atoms with Crippen molar-refractivity contribution >= 4 is 21.8 Å². The Hall–Kier alpha value is -1.97. The highest BCUT2D eigenvalue weighted by Gasteiger charge is 2.34. The van der Waals surface area contributed by atoms with Crippen LogP contribution in [0.5, 0.6) is 0 Å². The molecule has 178 valence electrons. The summed E-state index contributed by atoms with van der Waals surface area (Å²) in [5.74, 6) is -0.774. The molecule has 2 fully saturated rings. The number of benzene rings is 1. The van der Waals surface area contributed by atoms with Crippen LogP contribution in [0.2, 0.25) is 0 Å². The number of ether oxygens (including phenoxy) is 1. The zero-order chi connectivity index (χ0) is 23.3. The lowest BCUT2D eigenvalue weighted by Crippen LogP contribution is -2.53. The summed E-state index contributed by atoms with van der Waals surface area (Å²) >= 11 is 0. The normalized spacial score (nSPS) is 21.4. The van der Waals surface area contributed by atoms with E-state index in [-0.39, 0.29) is 47.7 Å². The van der Waals surface area contributed by atoms with Gasteiger partial charge in [0.25, 0.3) is 0 Å². The topological polar surface area (TPSA) is 105 Å². The first-order valence-electron chi connectivity index (χ1n) is 11.4. The Kier molecular flexibility index (Phi) is 8.30. The molecule has 2 atom stereocenters. The van der Waals surface area contributed by atoms with E-state index in [9.17, 15) is 18.0 Å². The molecule has 8 nitrogen and oxygen atoms in total. The molecule has 0 saturated carbocycles. The number of piperidine rings is 1. The first kappa shape index (κ1) is 24.7. The predicted molar refractivity (Wildman–Crippen MR) is 121 cm³/mol. The Labute approximate surface area is 191 Å². The average Bonchev–Trinajstić information content (AvgIpc) is 3.29. The van der Waals surface area contributed by atoms with E-state index < -0.39 is 16.1 Å². The van der Waals surface area contributed by atoms with Crippen LogP contribution in [0.15, 0.2) is 29.2 Å². The largest absolute Gasteiger partial charge is 0.376 e. The van der Waals surface area contributed by atoms with Crippen molar-refractivity contribution in [2.24, 2.45) is 11.8 Å². The van der Waals surface area contributed by atoms with Crippen LogP contribution in [0.4, 0.5) is 0 Å². The molecule has 2 saturated heterocycles. The molecule has 1 aromatic rings. The minimum atomic E-state index is -3.57. The van der Waals surface area contributed by atoms with Crippen molar-refractivity contribution in [1.82, 2.24) is 14.9 Å². The van der Waals surface area contributed by atoms with E-state index in [0.717, 1.165) is 25.0 Å². The first-order chi connectivity index (χ1) is 15.2. The van der Waals surface area contributed by atoms with Crippen molar-refractivity contribution in [3.63, 3.8) is 0 Å². The molecule has 0 radical (unpaired) electrons. The molecule has 0 aliphatic carbocycles. The molecule has 2 heterocycles. The molecule has 2 aliphatic heterocycles. The third-order valence-electron chi connectivity index (χ3n) is 6.26. The third-order valence-corrected chi connectivity index (χ3v) is 8.17. The van der Waals surface area contributed by atoms with Crippen molar-refractivity contribution in [1.29, 1.82) is 0 Å². The first-order valence-corrected chi connectivity index (χ1v) is 12.9. The summed E-state index contributed by atoms with van der Waals surface area (Å²) in [5.41, 5.74) is 0.999. The van der Waals surface area contributed by atoms with Gasteiger partial charge >= 0.3 is 0 Å². The van der Waals surface area contributed by atoms with Crippen LogP contribution in [0, 0.1) is 18.8 Å². The number of nitrogens with zero attached hydrogens (tertiary/aromatic N) is 1.